The van der Waals surface area contributed by atoms with Crippen molar-refractivity contribution in [3.05, 3.63) is 0 Å². The normalized spacial score (nSPS) is 74.4. The van der Waals surface area contributed by atoms with Crippen LogP contribution in [0.1, 0.15) is 12.8 Å². The van der Waals surface area contributed by atoms with Crippen LogP contribution in [-0.2, 0) is 14.2 Å². The van der Waals surface area contributed by atoms with Crippen molar-refractivity contribution in [1.82, 2.24) is 0 Å². The molecule has 0 aromatic rings. The van der Waals surface area contributed by atoms with Crippen LogP contribution in [0.4, 0.5) is 0 Å². The quantitative estimate of drug-likeness (QED) is 0.482. The molecule has 5 aliphatic heterocycles. The van der Waals surface area contributed by atoms with E-state index in [0.29, 0.717) is 18.1 Å². The summed E-state index contributed by atoms with van der Waals surface area (Å²) in [6, 6.07) is 0. The Morgan fingerprint density at radius 2 is 2.20 bits per heavy atom. The van der Waals surface area contributed by atoms with Gasteiger partial charge in [-0.05, 0) is 6.42 Å². The van der Waals surface area contributed by atoms with Gasteiger partial charge in [0.15, 0.2) is 6.29 Å². The van der Waals surface area contributed by atoms with E-state index in [-0.39, 0.29) is 12.1 Å². The summed E-state index contributed by atoms with van der Waals surface area (Å²) in [5, 5.41) is 0. The lowest BCUT2D eigenvalue weighted by Gasteiger charge is -2.36. The molecule has 3 atom stereocenters. The molecule has 4 bridgehead atoms. The maximum Gasteiger partial charge on any atom is 0.203 e. The summed E-state index contributed by atoms with van der Waals surface area (Å²) < 4.78 is 16.8. The van der Waals surface area contributed by atoms with Gasteiger partial charge in [-0.3, -0.25) is 0 Å². The highest BCUT2D eigenvalue weighted by molar-refractivity contribution is 5.13. The summed E-state index contributed by atoms with van der Waals surface area (Å²) in [5.74, 6) is 0.317. The second-order valence-electron chi connectivity index (χ2n) is 3.70. The third-order valence-electron chi connectivity index (χ3n) is 3.19. The molecule has 5 fully saturated rings. The van der Waals surface area contributed by atoms with Crippen molar-refractivity contribution in [2.45, 2.75) is 37.1 Å². The third kappa shape index (κ3) is 0.274. The molecule has 0 amide bonds. The minimum atomic E-state index is -0.252. The molecular formula is C7H8O3. The van der Waals surface area contributed by atoms with Crippen LogP contribution in [-0.4, -0.2) is 24.3 Å². The highest BCUT2D eigenvalue weighted by Crippen LogP contribution is 2.63. The monoisotopic (exact) mass is 140 g/mol. The van der Waals surface area contributed by atoms with Crippen molar-refractivity contribution in [3.63, 3.8) is 0 Å². The highest BCUT2D eigenvalue weighted by Gasteiger charge is 2.75. The van der Waals surface area contributed by atoms with Crippen molar-refractivity contribution in [3.8, 4) is 0 Å². The molecule has 10 heavy (non-hydrogen) atoms. The Balaban J connectivity index is 1.97. The van der Waals surface area contributed by atoms with Gasteiger partial charge in [0.25, 0.3) is 0 Å². The number of ether oxygens (including phenoxy) is 3. The molecule has 0 N–H and O–H groups in total. The molecular weight excluding hydrogens is 132 g/mol. The molecule has 0 saturated carbocycles. The molecule has 5 aliphatic rings. The van der Waals surface area contributed by atoms with E-state index in [2.05, 4.69) is 0 Å². The van der Waals surface area contributed by atoms with E-state index < -0.39 is 0 Å². The van der Waals surface area contributed by atoms with Gasteiger partial charge in [0.2, 0.25) is 5.79 Å². The van der Waals surface area contributed by atoms with Gasteiger partial charge in [-0.1, -0.05) is 0 Å². The molecule has 0 aromatic heterocycles. The summed E-state index contributed by atoms with van der Waals surface area (Å²) in [6.45, 7) is 0. The van der Waals surface area contributed by atoms with Crippen LogP contribution in [0.2, 0.25) is 0 Å². The number of hydrogen-bond acceptors (Lipinski definition) is 3. The number of fused-ring (bicyclic) bond motifs is 1. The Hall–Kier alpha value is -0.120. The van der Waals surface area contributed by atoms with E-state index in [0.717, 1.165) is 12.8 Å². The standard InChI is InChI=1S/C7H8O3/c1-3-2-7-5(8-3)4(1)6(9-7)10-7/h3-6H,1-2H2. The van der Waals surface area contributed by atoms with E-state index >= 15 is 0 Å². The van der Waals surface area contributed by atoms with Crippen LogP contribution in [0.5, 0.6) is 0 Å². The molecule has 5 rings (SSSR count). The second-order valence-corrected chi connectivity index (χ2v) is 3.70. The zero-order chi connectivity index (χ0) is 6.34. The van der Waals surface area contributed by atoms with Crippen molar-refractivity contribution < 1.29 is 14.2 Å². The molecule has 54 valence electrons. The van der Waals surface area contributed by atoms with E-state index in [1.165, 1.54) is 0 Å². The summed E-state index contributed by atoms with van der Waals surface area (Å²) >= 11 is 0. The Bertz CT molecular complexity index is 205. The predicted octanol–water partition coefficient (Wildman–Crippen LogP) is 0.247. The fourth-order valence-corrected chi connectivity index (χ4v) is 2.85. The fourth-order valence-electron chi connectivity index (χ4n) is 2.85. The highest BCUT2D eigenvalue weighted by atomic mass is 16.9. The van der Waals surface area contributed by atoms with Crippen LogP contribution in [0.25, 0.3) is 0 Å². The third-order valence-corrected chi connectivity index (χ3v) is 3.19. The molecule has 5 heterocycles. The van der Waals surface area contributed by atoms with Crippen LogP contribution in [0.3, 0.4) is 0 Å². The predicted molar refractivity (Wildman–Crippen MR) is 30.1 cm³/mol. The van der Waals surface area contributed by atoms with Crippen LogP contribution >= 0.6 is 0 Å². The molecule has 1 spiro atoms. The second kappa shape index (κ2) is 1.05. The lowest BCUT2D eigenvalue weighted by molar-refractivity contribution is -0.411. The van der Waals surface area contributed by atoms with Crippen molar-refractivity contribution in [2.75, 3.05) is 0 Å². The Morgan fingerprint density at radius 3 is 2.80 bits per heavy atom. The lowest BCUT2D eigenvalue weighted by Crippen LogP contribution is -2.47. The topological polar surface area (TPSA) is 27.7 Å². The van der Waals surface area contributed by atoms with Gasteiger partial charge in [-0.25, -0.2) is 0 Å². The molecule has 5 saturated heterocycles. The lowest BCUT2D eigenvalue weighted by atomic mass is 9.90. The van der Waals surface area contributed by atoms with E-state index in [4.69, 9.17) is 14.2 Å². The van der Waals surface area contributed by atoms with E-state index in [1.54, 1.807) is 0 Å². The van der Waals surface area contributed by atoms with Crippen molar-refractivity contribution in [1.29, 1.82) is 0 Å². The first-order valence-corrected chi connectivity index (χ1v) is 3.88. The Kier molecular flexibility index (Phi) is 0.495. The average Bonchev–Trinajstić information content (AvgIpc) is 2.34. The molecule has 0 radical (unpaired) electrons. The number of hydrogen-bond donors (Lipinski definition) is 0. The molecule has 3 nitrogen and oxygen atoms in total. The zero-order valence-corrected chi connectivity index (χ0v) is 5.45. The Morgan fingerprint density at radius 1 is 1.30 bits per heavy atom. The number of rotatable bonds is 0. The molecule has 3 heteroatoms. The maximum atomic E-state index is 5.65. The minimum Gasteiger partial charge on any atom is -0.369 e. The summed E-state index contributed by atoms with van der Waals surface area (Å²) in [6.07, 6.45) is 2.98. The van der Waals surface area contributed by atoms with Gasteiger partial charge in [0, 0.05) is 12.3 Å². The fraction of sp³-hybridized carbons (Fsp3) is 1.00. The Labute approximate surface area is 58.2 Å². The van der Waals surface area contributed by atoms with Crippen molar-refractivity contribution >= 4 is 0 Å². The first kappa shape index (κ1) is 4.70. The summed E-state index contributed by atoms with van der Waals surface area (Å²) in [4.78, 5) is 0. The average molecular weight is 140 g/mol. The molecule has 3 unspecified atom stereocenters. The van der Waals surface area contributed by atoms with E-state index in [9.17, 15) is 0 Å². The molecule has 0 aromatic carbocycles. The van der Waals surface area contributed by atoms with Gasteiger partial charge in [-0.15, -0.1) is 0 Å². The largest absolute Gasteiger partial charge is 0.369 e. The first-order chi connectivity index (χ1) is 4.87. The van der Waals surface area contributed by atoms with Gasteiger partial charge in [0.1, 0.15) is 6.10 Å². The van der Waals surface area contributed by atoms with Gasteiger partial charge in [0.05, 0.1) is 6.10 Å². The SMILES string of the molecule is C1C2CC34OC(O3)C1C4O2. The van der Waals surface area contributed by atoms with E-state index in [1.807, 2.05) is 0 Å². The molecule has 0 aliphatic carbocycles. The van der Waals surface area contributed by atoms with Crippen LogP contribution in [0.15, 0.2) is 0 Å². The van der Waals surface area contributed by atoms with Gasteiger partial charge < -0.3 is 14.2 Å². The summed E-state index contributed by atoms with van der Waals surface area (Å²) in [5.41, 5.74) is 0. The first-order valence-electron chi connectivity index (χ1n) is 3.88. The smallest absolute Gasteiger partial charge is 0.203 e. The zero-order valence-electron chi connectivity index (χ0n) is 5.45. The maximum absolute atomic E-state index is 5.65. The van der Waals surface area contributed by atoms with Crippen molar-refractivity contribution in [2.24, 2.45) is 5.92 Å². The minimum absolute atomic E-state index is 0.0949. The van der Waals surface area contributed by atoms with Gasteiger partial charge in [-0.2, -0.15) is 0 Å². The van der Waals surface area contributed by atoms with Crippen LogP contribution in [0, 0.1) is 5.92 Å². The van der Waals surface area contributed by atoms with Crippen LogP contribution < -0.4 is 0 Å². The van der Waals surface area contributed by atoms with Gasteiger partial charge >= 0.3 is 0 Å². The summed E-state index contributed by atoms with van der Waals surface area (Å²) in [7, 11) is 0.